The van der Waals surface area contributed by atoms with E-state index in [1.165, 1.54) is 0 Å². The van der Waals surface area contributed by atoms with Crippen LogP contribution in [0.2, 0.25) is 0 Å². The standard InChI is InChI=1S/C15H27NS2/c1-13(2,3)7-8-15(11-16)17-9-12(10-18-15)14(4,5)6/h12H,7-10H2,1-6H3. The van der Waals surface area contributed by atoms with Crippen LogP contribution in [-0.2, 0) is 0 Å². The summed E-state index contributed by atoms with van der Waals surface area (Å²) in [5.41, 5.74) is 0.692. The Labute approximate surface area is 121 Å². The van der Waals surface area contributed by atoms with Crippen molar-refractivity contribution in [1.29, 1.82) is 5.26 Å². The highest BCUT2D eigenvalue weighted by molar-refractivity contribution is 8.19. The fraction of sp³-hybridized carbons (Fsp3) is 0.933. The second-order valence-corrected chi connectivity index (χ2v) is 10.5. The molecular formula is C15H27NS2. The van der Waals surface area contributed by atoms with Gasteiger partial charge in [0.25, 0.3) is 0 Å². The third-order valence-electron chi connectivity index (χ3n) is 3.63. The molecule has 0 aromatic heterocycles. The number of rotatable bonds is 2. The average molecular weight is 286 g/mol. The molecule has 0 unspecified atom stereocenters. The second-order valence-electron chi connectivity index (χ2n) is 7.61. The van der Waals surface area contributed by atoms with Gasteiger partial charge in [-0.05, 0) is 41.1 Å². The van der Waals surface area contributed by atoms with E-state index in [4.69, 9.17) is 0 Å². The van der Waals surface area contributed by atoms with E-state index in [0.29, 0.717) is 10.8 Å². The number of hydrogen-bond donors (Lipinski definition) is 0. The quantitative estimate of drug-likeness (QED) is 0.699. The van der Waals surface area contributed by atoms with Gasteiger partial charge in [0.1, 0.15) is 4.08 Å². The van der Waals surface area contributed by atoms with Gasteiger partial charge in [0.15, 0.2) is 0 Å². The Morgan fingerprint density at radius 2 is 1.61 bits per heavy atom. The van der Waals surface area contributed by atoms with Crippen molar-refractivity contribution in [2.24, 2.45) is 16.7 Å². The largest absolute Gasteiger partial charge is 0.196 e. The first kappa shape index (κ1) is 16.2. The predicted molar refractivity (Wildman–Crippen MR) is 84.9 cm³/mol. The molecule has 1 aliphatic heterocycles. The lowest BCUT2D eigenvalue weighted by atomic mass is 9.83. The monoisotopic (exact) mass is 285 g/mol. The van der Waals surface area contributed by atoms with Gasteiger partial charge in [0.2, 0.25) is 0 Å². The molecule has 0 aromatic carbocycles. The molecule has 1 fully saturated rings. The maximum atomic E-state index is 9.54. The van der Waals surface area contributed by atoms with Gasteiger partial charge in [0, 0.05) is 0 Å². The van der Waals surface area contributed by atoms with Crippen molar-refractivity contribution in [2.45, 2.75) is 58.5 Å². The third-order valence-corrected chi connectivity index (χ3v) is 7.00. The molecule has 18 heavy (non-hydrogen) atoms. The molecule has 1 saturated heterocycles. The van der Waals surface area contributed by atoms with E-state index in [9.17, 15) is 5.26 Å². The normalized spacial score (nSPS) is 29.9. The lowest BCUT2D eigenvalue weighted by Gasteiger charge is -2.40. The first-order valence-corrected chi connectivity index (χ1v) is 8.74. The summed E-state index contributed by atoms with van der Waals surface area (Å²) in [6.45, 7) is 13.7. The van der Waals surface area contributed by atoms with E-state index in [2.05, 4.69) is 47.6 Å². The van der Waals surface area contributed by atoms with Gasteiger partial charge in [-0.1, -0.05) is 41.5 Å². The molecule has 0 amide bonds. The molecule has 0 bridgehead atoms. The molecule has 0 aromatic rings. The summed E-state index contributed by atoms with van der Waals surface area (Å²) in [5.74, 6) is 2.99. The van der Waals surface area contributed by atoms with Crippen molar-refractivity contribution in [1.82, 2.24) is 0 Å². The maximum absolute atomic E-state index is 9.54. The summed E-state index contributed by atoms with van der Waals surface area (Å²) >= 11 is 3.78. The number of nitriles is 1. The van der Waals surface area contributed by atoms with Crippen LogP contribution in [0.15, 0.2) is 0 Å². The van der Waals surface area contributed by atoms with E-state index >= 15 is 0 Å². The Morgan fingerprint density at radius 1 is 1.11 bits per heavy atom. The van der Waals surface area contributed by atoms with Crippen LogP contribution in [0.25, 0.3) is 0 Å². The first-order valence-electron chi connectivity index (χ1n) is 6.77. The third kappa shape index (κ3) is 4.70. The van der Waals surface area contributed by atoms with Gasteiger partial charge in [-0.3, -0.25) is 0 Å². The van der Waals surface area contributed by atoms with Gasteiger partial charge in [-0.25, -0.2) is 0 Å². The Balaban J connectivity index is 2.59. The molecule has 1 heterocycles. The van der Waals surface area contributed by atoms with Gasteiger partial charge >= 0.3 is 0 Å². The predicted octanol–water partition coefficient (Wildman–Crippen LogP) is 5.17. The fourth-order valence-corrected chi connectivity index (χ4v) is 5.55. The summed E-state index contributed by atoms with van der Waals surface area (Å²) in [4.78, 5) is 0. The SMILES string of the molecule is CC(C)(C)CCC1(C#N)SCC(C(C)(C)C)CS1. The minimum atomic E-state index is -0.185. The zero-order valence-corrected chi connectivity index (χ0v) is 14.3. The van der Waals surface area contributed by atoms with Crippen LogP contribution in [-0.4, -0.2) is 15.6 Å². The van der Waals surface area contributed by atoms with Crippen molar-refractivity contribution in [3.63, 3.8) is 0 Å². The molecule has 0 spiro atoms. The van der Waals surface area contributed by atoms with E-state index in [-0.39, 0.29) is 4.08 Å². The highest BCUT2D eigenvalue weighted by Crippen LogP contribution is 2.51. The summed E-state index contributed by atoms with van der Waals surface area (Å²) in [5, 5.41) is 9.54. The van der Waals surface area contributed by atoms with Crippen molar-refractivity contribution in [2.75, 3.05) is 11.5 Å². The number of thioether (sulfide) groups is 2. The summed E-state index contributed by atoms with van der Waals surface area (Å²) in [6.07, 6.45) is 2.14. The van der Waals surface area contributed by atoms with Crippen molar-refractivity contribution in [3.8, 4) is 6.07 Å². The van der Waals surface area contributed by atoms with Crippen molar-refractivity contribution >= 4 is 23.5 Å². The lowest BCUT2D eigenvalue weighted by Crippen LogP contribution is -2.35. The minimum Gasteiger partial charge on any atom is -0.196 e. The molecule has 1 rings (SSSR count). The Morgan fingerprint density at radius 3 is 1.94 bits per heavy atom. The van der Waals surface area contributed by atoms with Gasteiger partial charge in [0.05, 0.1) is 6.07 Å². The van der Waals surface area contributed by atoms with Crippen LogP contribution >= 0.6 is 23.5 Å². The molecule has 0 radical (unpaired) electrons. The Hall–Kier alpha value is 0.190. The Kier molecular flexibility index (Phi) is 5.12. The van der Waals surface area contributed by atoms with Crippen LogP contribution < -0.4 is 0 Å². The molecule has 0 saturated carbocycles. The molecule has 0 N–H and O–H groups in total. The van der Waals surface area contributed by atoms with Crippen LogP contribution in [0.5, 0.6) is 0 Å². The highest BCUT2D eigenvalue weighted by Gasteiger charge is 2.40. The molecule has 0 atom stereocenters. The number of nitrogens with zero attached hydrogens (tertiary/aromatic N) is 1. The first-order chi connectivity index (χ1) is 8.08. The minimum absolute atomic E-state index is 0.185. The fourth-order valence-electron chi connectivity index (χ4n) is 1.86. The van der Waals surface area contributed by atoms with E-state index < -0.39 is 0 Å². The summed E-state index contributed by atoms with van der Waals surface area (Å²) in [6, 6.07) is 2.59. The average Bonchev–Trinajstić information content (AvgIpc) is 2.25. The Bertz CT molecular complexity index is 309. The summed E-state index contributed by atoms with van der Waals surface area (Å²) in [7, 11) is 0. The van der Waals surface area contributed by atoms with E-state index in [1.807, 2.05) is 23.5 Å². The topological polar surface area (TPSA) is 23.8 Å². The number of hydrogen-bond acceptors (Lipinski definition) is 3. The zero-order chi connectivity index (χ0) is 14.0. The molecule has 3 heteroatoms. The van der Waals surface area contributed by atoms with Gasteiger partial charge < -0.3 is 0 Å². The van der Waals surface area contributed by atoms with Gasteiger partial charge in [-0.15, -0.1) is 23.5 Å². The molecule has 104 valence electrons. The molecule has 1 nitrogen and oxygen atoms in total. The van der Waals surface area contributed by atoms with Crippen molar-refractivity contribution < 1.29 is 0 Å². The smallest absolute Gasteiger partial charge is 0.148 e. The highest BCUT2D eigenvalue weighted by atomic mass is 32.2. The van der Waals surface area contributed by atoms with E-state index in [0.717, 1.165) is 30.3 Å². The maximum Gasteiger partial charge on any atom is 0.148 e. The second kappa shape index (κ2) is 5.67. The van der Waals surface area contributed by atoms with Crippen molar-refractivity contribution in [3.05, 3.63) is 0 Å². The van der Waals surface area contributed by atoms with Crippen LogP contribution in [0.1, 0.15) is 54.4 Å². The molecule has 0 aliphatic carbocycles. The van der Waals surface area contributed by atoms with Gasteiger partial charge in [-0.2, -0.15) is 5.26 Å². The summed E-state index contributed by atoms with van der Waals surface area (Å²) < 4.78 is -0.185. The lowest BCUT2D eigenvalue weighted by molar-refractivity contribution is 0.291. The van der Waals surface area contributed by atoms with E-state index in [1.54, 1.807) is 0 Å². The molecular weight excluding hydrogens is 258 g/mol. The van der Waals surface area contributed by atoms with Crippen LogP contribution in [0.3, 0.4) is 0 Å². The molecule has 1 aliphatic rings. The van der Waals surface area contributed by atoms with Crippen LogP contribution in [0.4, 0.5) is 0 Å². The van der Waals surface area contributed by atoms with Crippen LogP contribution in [0, 0.1) is 28.1 Å². The zero-order valence-electron chi connectivity index (χ0n) is 12.7.